The largest absolute Gasteiger partial charge is 0.497 e. The van der Waals surface area contributed by atoms with E-state index in [9.17, 15) is 18.0 Å². The number of carbonyl (C=O) groups excluding carboxylic acids is 2. The standard InChI is InChI=1S/C30H29N3O5S2/c1-38-22-11-9-20(10-12-22)15-17-33-26-14-13-25(23-6-2-7-24(28(23)26)30(33)35)31-29(34)21-5-3-16-32(19-21)40(36,37)27-8-4-18-39-27/h2,4,6-14,18,21H,3,5,15-17,19H2,1H3,(H,31,34). The van der Waals surface area contributed by atoms with Crippen molar-refractivity contribution in [2.24, 2.45) is 5.92 Å². The Kier molecular flexibility index (Phi) is 7.07. The van der Waals surface area contributed by atoms with Crippen LogP contribution in [0, 0.1) is 5.92 Å². The zero-order valence-corrected chi connectivity index (χ0v) is 23.6. The SMILES string of the molecule is COc1ccc(CCN2C(=O)c3cccc4c(NC(=O)C5CCCN(S(=O)(=O)c6cccs6)C5)ccc2c34)cc1. The zero-order valence-electron chi connectivity index (χ0n) is 22.0. The maximum Gasteiger partial charge on any atom is 0.259 e. The van der Waals surface area contributed by atoms with E-state index in [1.807, 2.05) is 54.6 Å². The zero-order chi connectivity index (χ0) is 27.9. The van der Waals surface area contributed by atoms with E-state index in [4.69, 9.17) is 4.74 Å². The van der Waals surface area contributed by atoms with E-state index >= 15 is 0 Å². The molecule has 4 aromatic rings. The lowest BCUT2D eigenvalue weighted by Crippen LogP contribution is -2.43. The number of carbonyl (C=O) groups is 2. The first-order chi connectivity index (χ1) is 19.4. The summed E-state index contributed by atoms with van der Waals surface area (Å²) in [5.74, 6) is 0.0544. The predicted octanol–water partition coefficient (Wildman–Crippen LogP) is 5.15. The first-order valence-corrected chi connectivity index (χ1v) is 15.5. The second-order valence-electron chi connectivity index (χ2n) is 10.0. The van der Waals surface area contributed by atoms with Gasteiger partial charge in [-0.1, -0.05) is 30.3 Å². The fourth-order valence-electron chi connectivity index (χ4n) is 5.56. The number of thiophene rings is 1. The molecule has 0 saturated carbocycles. The van der Waals surface area contributed by atoms with Crippen LogP contribution in [0.15, 0.2) is 76.3 Å². The molecule has 206 valence electrons. The number of hydrogen-bond donors (Lipinski definition) is 1. The number of hydrogen-bond acceptors (Lipinski definition) is 6. The Morgan fingerprint density at radius 3 is 2.65 bits per heavy atom. The number of nitrogens with one attached hydrogen (secondary N) is 1. The van der Waals surface area contributed by atoms with Crippen LogP contribution in [0.25, 0.3) is 10.8 Å². The number of amides is 2. The van der Waals surface area contributed by atoms with Gasteiger partial charge in [-0.15, -0.1) is 11.3 Å². The van der Waals surface area contributed by atoms with Crippen LogP contribution in [-0.2, 0) is 21.2 Å². The van der Waals surface area contributed by atoms with Crippen LogP contribution >= 0.6 is 11.3 Å². The van der Waals surface area contributed by atoms with Crippen LogP contribution in [-0.4, -0.2) is 51.3 Å². The molecular formula is C30H29N3O5S2. The molecule has 1 unspecified atom stereocenters. The van der Waals surface area contributed by atoms with Gasteiger partial charge in [-0.25, -0.2) is 8.42 Å². The number of piperidine rings is 1. The lowest BCUT2D eigenvalue weighted by atomic mass is 9.98. The minimum atomic E-state index is -3.61. The molecule has 8 nitrogen and oxygen atoms in total. The first-order valence-electron chi connectivity index (χ1n) is 13.2. The monoisotopic (exact) mass is 575 g/mol. The second kappa shape index (κ2) is 10.7. The summed E-state index contributed by atoms with van der Waals surface area (Å²) < 4.78 is 33.0. The molecule has 40 heavy (non-hydrogen) atoms. The third kappa shape index (κ3) is 4.76. The van der Waals surface area contributed by atoms with Crippen molar-refractivity contribution in [2.45, 2.75) is 23.5 Å². The second-order valence-corrected chi connectivity index (χ2v) is 13.2. The Bertz CT molecular complexity index is 1680. The van der Waals surface area contributed by atoms with Gasteiger partial charge < -0.3 is 15.0 Å². The van der Waals surface area contributed by atoms with E-state index in [2.05, 4.69) is 5.32 Å². The number of ether oxygens (including phenoxy) is 1. The summed E-state index contributed by atoms with van der Waals surface area (Å²) in [5, 5.41) is 6.40. The van der Waals surface area contributed by atoms with Crippen molar-refractivity contribution >= 4 is 55.3 Å². The molecule has 10 heteroatoms. The highest BCUT2D eigenvalue weighted by atomic mass is 32.2. The third-order valence-corrected chi connectivity index (χ3v) is 10.9. The fraction of sp³-hybridized carbons (Fsp3) is 0.267. The maximum absolute atomic E-state index is 13.4. The highest BCUT2D eigenvalue weighted by molar-refractivity contribution is 7.91. The number of anilines is 2. The molecule has 3 heterocycles. The van der Waals surface area contributed by atoms with Gasteiger partial charge in [0.2, 0.25) is 5.91 Å². The van der Waals surface area contributed by atoms with Gasteiger partial charge in [0.15, 0.2) is 0 Å². The molecule has 2 amide bonds. The van der Waals surface area contributed by atoms with Crippen LogP contribution < -0.4 is 15.0 Å². The van der Waals surface area contributed by atoms with Crippen molar-refractivity contribution in [1.82, 2.24) is 4.31 Å². The topological polar surface area (TPSA) is 96.0 Å². The van der Waals surface area contributed by atoms with E-state index in [0.717, 1.165) is 27.8 Å². The summed E-state index contributed by atoms with van der Waals surface area (Å²) in [4.78, 5) is 28.5. The van der Waals surface area contributed by atoms with Crippen molar-refractivity contribution in [1.29, 1.82) is 0 Å². The first kappa shape index (κ1) is 26.5. The summed E-state index contributed by atoms with van der Waals surface area (Å²) in [7, 11) is -1.98. The van der Waals surface area contributed by atoms with Gasteiger partial charge in [-0.2, -0.15) is 4.31 Å². The van der Waals surface area contributed by atoms with E-state index in [1.165, 1.54) is 15.6 Å². The summed E-state index contributed by atoms with van der Waals surface area (Å²) in [6.07, 6.45) is 1.92. The normalized spacial score (nSPS) is 17.4. The number of methoxy groups -OCH3 is 1. The van der Waals surface area contributed by atoms with Crippen molar-refractivity contribution in [3.63, 3.8) is 0 Å². The van der Waals surface area contributed by atoms with Gasteiger partial charge in [0.25, 0.3) is 15.9 Å². The number of nitrogens with zero attached hydrogens (tertiary/aromatic N) is 2. The lowest BCUT2D eigenvalue weighted by molar-refractivity contribution is -0.120. The fourth-order valence-corrected chi connectivity index (χ4v) is 8.23. The minimum Gasteiger partial charge on any atom is -0.497 e. The van der Waals surface area contributed by atoms with E-state index in [-0.39, 0.29) is 18.4 Å². The van der Waals surface area contributed by atoms with Gasteiger partial charge in [0.05, 0.1) is 18.7 Å². The van der Waals surface area contributed by atoms with Crippen LogP contribution in [0.3, 0.4) is 0 Å². The van der Waals surface area contributed by atoms with Gasteiger partial charge in [0, 0.05) is 41.7 Å². The van der Waals surface area contributed by atoms with Gasteiger partial charge in [-0.3, -0.25) is 9.59 Å². The maximum atomic E-state index is 13.4. The van der Waals surface area contributed by atoms with Crippen molar-refractivity contribution in [2.75, 3.05) is 37.0 Å². The van der Waals surface area contributed by atoms with Crippen molar-refractivity contribution in [3.05, 3.63) is 83.2 Å². The van der Waals surface area contributed by atoms with Crippen LogP contribution in [0.1, 0.15) is 28.8 Å². The molecule has 0 aliphatic carbocycles. The average Bonchev–Trinajstić information content (AvgIpc) is 3.62. The van der Waals surface area contributed by atoms with Crippen LogP contribution in [0.5, 0.6) is 5.75 Å². The third-order valence-electron chi connectivity index (χ3n) is 7.67. The van der Waals surface area contributed by atoms with Crippen LogP contribution in [0.4, 0.5) is 11.4 Å². The molecular weight excluding hydrogens is 546 g/mol. The smallest absolute Gasteiger partial charge is 0.259 e. The summed E-state index contributed by atoms with van der Waals surface area (Å²) in [6.45, 7) is 1.07. The molecule has 2 aliphatic heterocycles. The number of rotatable bonds is 8. The average molecular weight is 576 g/mol. The number of sulfonamides is 1. The van der Waals surface area contributed by atoms with Crippen molar-refractivity contribution in [3.8, 4) is 5.75 Å². The molecule has 1 aromatic heterocycles. The highest BCUT2D eigenvalue weighted by Crippen LogP contribution is 2.41. The van der Waals surface area contributed by atoms with E-state index in [1.54, 1.807) is 29.5 Å². The lowest BCUT2D eigenvalue weighted by Gasteiger charge is -2.31. The summed E-state index contributed by atoms with van der Waals surface area (Å²) >= 11 is 1.18. The quantitative estimate of drug-likeness (QED) is 0.314. The molecule has 1 N–H and O–H groups in total. The minimum absolute atomic E-state index is 0.0562. The summed E-state index contributed by atoms with van der Waals surface area (Å²) in [5.41, 5.74) is 3.16. The van der Waals surface area contributed by atoms with Gasteiger partial charge >= 0.3 is 0 Å². The highest BCUT2D eigenvalue weighted by Gasteiger charge is 2.35. The molecule has 6 rings (SSSR count). The van der Waals surface area contributed by atoms with E-state index in [0.29, 0.717) is 47.8 Å². The molecule has 2 aliphatic rings. The Balaban J connectivity index is 1.20. The molecule has 0 spiro atoms. The van der Waals surface area contributed by atoms with Crippen molar-refractivity contribution < 1.29 is 22.7 Å². The van der Waals surface area contributed by atoms with Gasteiger partial charge in [0.1, 0.15) is 9.96 Å². The molecule has 1 atom stereocenters. The summed E-state index contributed by atoms with van der Waals surface area (Å²) in [6, 6.07) is 20.4. The molecule has 1 fully saturated rings. The number of benzene rings is 3. The molecule has 0 bridgehead atoms. The molecule has 1 saturated heterocycles. The Morgan fingerprint density at radius 1 is 1.07 bits per heavy atom. The Morgan fingerprint density at radius 2 is 1.90 bits per heavy atom. The van der Waals surface area contributed by atoms with Crippen LogP contribution in [0.2, 0.25) is 0 Å². The predicted molar refractivity (Wildman–Crippen MR) is 157 cm³/mol. The van der Waals surface area contributed by atoms with E-state index < -0.39 is 15.9 Å². The molecule has 0 radical (unpaired) electrons. The Hall–Kier alpha value is -3.73. The molecule has 3 aromatic carbocycles. The van der Waals surface area contributed by atoms with Gasteiger partial charge in [-0.05, 0) is 66.6 Å². The Labute approximate surface area is 237 Å².